The summed E-state index contributed by atoms with van der Waals surface area (Å²) >= 11 is 0. The molecule has 0 radical (unpaired) electrons. The molecule has 0 fully saturated rings. The van der Waals surface area contributed by atoms with Crippen LogP contribution in [0.3, 0.4) is 0 Å². The van der Waals surface area contributed by atoms with Gasteiger partial charge in [0, 0.05) is 24.4 Å². The van der Waals surface area contributed by atoms with Crippen LogP contribution in [0.5, 0.6) is 17.2 Å². The minimum absolute atomic E-state index is 0.181. The summed E-state index contributed by atoms with van der Waals surface area (Å²) < 4.78 is 18.0. The number of ether oxygens (including phenoxy) is 3. The zero-order chi connectivity index (χ0) is 26.0. The molecule has 1 aliphatic rings. The van der Waals surface area contributed by atoms with Gasteiger partial charge in [-0.2, -0.15) is 0 Å². The topological polar surface area (TPSA) is 113 Å². The largest absolute Gasteiger partial charge is 0.489 e. The lowest BCUT2D eigenvalue weighted by molar-refractivity contribution is -0.132. The fraction of sp³-hybridized carbons (Fsp3) is 0.321. The molecule has 8 heteroatoms. The lowest BCUT2D eigenvalue weighted by Crippen LogP contribution is -2.42. The Morgan fingerprint density at radius 3 is 2.50 bits per heavy atom. The fourth-order valence-electron chi connectivity index (χ4n) is 4.36. The minimum atomic E-state index is -0.523. The molecular weight excluding hydrogens is 458 g/mol. The summed E-state index contributed by atoms with van der Waals surface area (Å²) in [6.45, 7) is 9.69. The third kappa shape index (κ3) is 5.12. The van der Waals surface area contributed by atoms with Crippen LogP contribution in [0, 0.1) is 20.8 Å². The van der Waals surface area contributed by atoms with E-state index in [2.05, 4.69) is 10.3 Å². The normalized spacial score (nSPS) is 16.5. The summed E-state index contributed by atoms with van der Waals surface area (Å²) in [5.74, 6) is 1.65. The first-order valence-electron chi connectivity index (χ1n) is 11.8. The number of fused-ring (bicyclic) bond motifs is 1. The van der Waals surface area contributed by atoms with E-state index in [1.165, 1.54) is 13.1 Å². The van der Waals surface area contributed by atoms with Gasteiger partial charge in [0.1, 0.15) is 35.3 Å². The highest BCUT2D eigenvalue weighted by atomic mass is 16.5. The first-order chi connectivity index (χ1) is 17.1. The lowest BCUT2D eigenvalue weighted by Gasteiger charge is -2.37. The highest BCUT2D eigenvalue weighted by Gasteiger charge is 2.35. The van der Waals surface area contributed by atoms with Gasteiger partial charge in [0.05, 0.1) is 5.56 Å². The number of esters is 1. The molecule has 36 heavy (non-hydrogen) atoms. The van der Waals surface area contributed by atoms with Crippen molar-refractivity contribution >= 4 is 23.4 Å². The Kier molecular flexibility index (Phi) is 6.88. The van der Waals surface area contributed by atoms with Crippen molar-refractivity contribution in [1.82, 2.24) is 4.98 Å². The Hall–Kier alpha value is -4.07. The van der Waals surface area contributed by atoms with E-state index in [9.17, 15) is 9.59 Å². The second-order valence-electron chi connectivity index (χ2n) is 9.36. The summed E-state index contributed by atoms with van der Waals surface area (Å²) in [4.78, 5) is 28.0. The number of nitrogens with one attached hydrogen (secondary N) is 1. The van der Waals surface area contributed by atoms with Gasteiger partial charge in [-0.3, -0.25) is 9.59 Å². The van der Waals surface area contributed by atoms with E-state index >= 15 is 0 Å². The second-order valence-corrected chi connectivity index (χ2v) is 9.36. The van der Waals surface area contributed by atoms with E-state index < -0.39 is 5.60 Å². The first kappa shape index (κ1) is 25.0. The molecule has 3 N–H and O–H groups in total. The van der Waals surface area contributed by atoms with E-state index in [-0.39, 0.29) is 17.7 Å². The quantitative estimate of drug-likeness (QED) is 0.373. The van der Waals surface area contributed by atoms with Crippen molar-refractivity contribution in [2.24, 2.45) is 0 Å². The van der Waals surface area contributed by atoms with Crippen LogP contribution in [0.1, 0.15) is 52.9 Å². The second kappa shape index (κ2) is 9.89. The number of aromatic nitrogens is 1. The van der Waals surface area contributed by atoms with E-state index in [1.54, 1.807) is 36.4 Å². The van der Waals surface area contributed by atoms with Crippen molar-refractivity contribution < 1.29 is 23.8 Å². The van der Waals surface area contributed by atoms with Crippen LogP contribution < -0.4 is 25.3 Å². The number of carbonyl (C=O) groups is 2. The van der Waals surface area contributed by atoms with Gasteiger partial charge in [-0.05, 0) is 93.6 Å². The molecule has 8 nitrogen and oxygen atoms in total. The Balaban J connectivity index is 1.42. The molecule has 3 aromatic rings. The minimum Gasteiger partial charge on any atom is -0.489 e. The van der Waals surface area contributed by atoms with Gasteiger partial charge >= 0.3 is 5.97 Å². The number of benzene rings is 2. The van der Waals surface area contributed by atoms with Crippen LogP contribution in [0.15, 0.2) is 42.6 Å². The molecule has 1 atom stereocenters. The Bertz CT molecular complexity index is 1320. The van der Waals surface area contributed by atoms with Gasteiger partial charge in [0.25, 0.3) is 5.91 Å². The monoisotopic (exact) mass is 489 g/mol. The highest BCUT2D eigenvalue weighted by Crippen LogP contribution is 2.44. The van der Waals surface area contributed by atoms with E-state index in [0.29, 0.717) is 29.4 Å². The summed E-state index contributed by atoms with van der Waals surface area (Å²) in [5.41, 5.74) is 10.1. The standard InChI is InChI=1S/C28H31N3O5/c1-16-17(2)25-22(18(3)24(16)35-19(4)32)12-13-28(5,36-25)15-34-21-10-8-20(9-11-21)31-27(33)23-7-6-14-30-26(23)29/h6-11,14H,12-13,15H2,1-5H3,(H2,29,30)(H,31,33). The predicted molar refractivity (Wildman–Crippen MR) is 138 cm³/mol. The first-order valence-corrected chi connectivity index (χ1v) is 11.8. The molecule has 0 aliphatic carbocycles. The third-order valence-electron chi connectivity index (χ3n) is 6.55. The van der Waals surface area contributed by atoms with Gasteiger partial charge in [-0.15, -0.1) is 0 Å². The van der Waals surface area contributed by atoms with Crippen LogP contribution in [0.2, 0.25) is 0 Å². The maximum Gasteiger partial charge on any atom is 0.308 e. The van der Waals surface area contributed by atoms with Crippen LogP contribution in [0.4, 0.5) is 11.5 Å². The number of anilines is 2. The lowest BCUT2D eigenvalue weighted by atomic mass is 9.87. The number of nitrogens with two attached hydrogens (primary N) is 1. The summed E-state index contributed by atoms with van der Waals surface area (Å²) in [5, 5.41) is 2.81. The number of pyridine rings is 1. The van der Waals surface area contributed by atoms with Crippen molar-refractivity contribution in [2.45, 2.75) is 53.1 Å². The number of nitrogens with zero attached hydrogens (tertiary/aromatic N) is 1. The number of carbonyl (C=O) groups excluding carboxylic acids is 2. The van der Waals surface area contributed by atoms with Gasteiger partial charge < -0.3 is 25.3 Å². The summed E-state index contributed by atoms with van der Waals surface area (Å²) in [7, 11) is 0. The van der Waals surface area contributed by atoms with Crippen molar-refractivity contribution in [3.8, 4) is 17.2 Å². The number of nitrogen functional groups attached to an aromatic ring is 1. The molecule has 0 spiro atoms. The predicted octanol–water partition coefficient (Wildman–Crippen LogP) is 4.93. The van der Waals surface area contributed by atoms with Gasteiger partial charge in [0.2, 0.25) is 0 Å². The maximum atomic E-state index is 12.4. The molecule has 0 saturated heterocycles. The van der Waals surface area contributed by atoms with E-state index in [4.69, 9.17) is 19.9 Å². The van der Waals surface area contributed by atoms with E-state index in [1.807, 2.05) is 27.7 Å². The SMILES string of the molecule is CC(=O)Oc1c(C)c(C)c2c(c1C)CCC(C)(COc1ccc(NC(=O)c3cccnc3N)cc1)O2. The van der Waals surface area contributed by atoms with Gasteiger partial charge in [-0.1, -0.05) is 0 Å². The van der Waals surface area contributed by atoms with Gasteiger partial charge in [0.15, 0.2) is 0 Å². The zero-order valence-corrected chi connectivity index (χ0v) is 21.2. The van der Waals surface area contributed by atoms with Crippen LogP contribution in [0.25, 0.3) is 0 Å². The van der Waals surface area contributed by atoms with E-state index in [0.717, 1.165) is 40.8 Å². The highest BCUT2D eigenvalue weighted by molar-refractivity contribution is 6.07. The maximum absolute atomic E-state index is 12.4. The van der Waals surface area contributed by atoms with Crippen molar-refractivity contribution in [3.05, 3.63) is 70.4 Å². The number of hydrogen-bond acceptors (Lipinski definition) is 7. The van der Waals surface area contributed by atoms with Crippen LogP contribution >= 0.6 is 0 Å². The third-order valence-corrected chi connectivity index (χ3v) is 6.55. The van der Waals surface area contributed by atoms with Crippen molar-refractivity contribution in [2.75, 3.05) is 17.7 Å². The number of hydrogen-bond donors (Lipinski definition) is 2. The Morgan fingerprint density at radius 1 is 1.11 bits per heavy atom. The van der Waals surface area contributed by atoms with Crippen molar-refractivity contribution in [1.29, 1.82) is 0 Å². The zero-order valence-electron chi connectivity index (χ0n) is 21.2. The van der Waals surface area contributed by atoms with Gasteiger partial charge in [-0.25, -0.2) is 4.98 Å². The molecule has 2 heterocycles. The molecule has 1 amide bonds. The average Bonchev–Trinajstić information content (AvgIpc) is 2.85. The smallest absolute Gasteiger partial charge is 0.308 e. The molecule has 1 aliphatic heterocycles. The Morgan fingerprint density at radius 2 is 1.83 bits per heavy atom. The van der Waals surface area contributed by atoms with Crippen molar-refractivity contribution in [3.63, 3.8) is 0 Å². The molecule has 188 valence electrons. The number of rotatable bonds is 6. The summed E-state index contributed by atoms with van der Waals surface area (Å²) in [6.07, 6.45) is 3.08. The average molecular weight is 490 g/mol. The number of amides is 1. The molecule has 4 rings (SSSR count). The molecule has 0 saturated carbocycles. The van der Waals surface area contributed by atoms with Crippen LogP contribution in [-0.2, 0) is 11.2 Å². The molecular formula is C28H31N3O5. The molecule has 1 unspecified atom stereocenters. The molecule has 1 aromatic heterocycles. The fourth-order valence-corrected chi connectivity index (χ4v) is 4.36. The molecule has 0 bridgehead atoms. The summed E-state index contributed by atoms with van der Waals surface area (Å²) in [6, 6.07) is 10.4. The Labute approximate surface area is 210 Å². The molecule has 2 aromatic carbocycles. The van der Waals surface area contributed by atoms with Crippen LogP contribution in [-0.4, -0.2) is 29.1 Å².